The zero-order chi connectivity index (χ0) is 8.58. The molecule has 0 unspecified atom stereocenters. The molecule has 0 aromatic heterocycles. The van der Waals surface area contributed by atoms with Gasteiger partial charge in [-0.05, 0) is 0 Å². The summed E-state index contributed by atoms with van der Waals surface area (Å²) in [6.45, 7) is 0. The minimum atomic E-state index is -6.01. The molecule has 11 heavy (non-hydrogen) atoms. The third kappa shape index (κ3) is 2.97. The first-order chi connectivity index (χ1) is 4.19. The quantitative estimate of drug-likeness (QED) is 0.363. The summed E-state index contributed by atoms with van der Waals surface area (Å²) < 4.78 is 74.0. The van der Waals surface area contributed by atoms with Gasteiger partial charge in [-0.1, -0.05) is 0 Å². The van der Waals surface area contributed by atoms with Crippen molar-refractivity contribution in [2.45, 2.75) is 11.4 Å². The normalized spacial score (nSPS) is 12.9. The van der Waals surface area contributed by atoms with Crippen LogP contribution in [0.25, 0.3) is 0 Å². The molecule has 9 heteroatoms. The van der Waals surface area contributed by atoms with Gasteiger partial charge >= 0.3 is 30.3 Å². The number of hydrogen-bond donors (Lipinski definition) is 1. The van der Waals surface area contributed by atoms with Crippen LogP contribution in [-0.2, 0) is 10.7 Å². The predicted molar refractivity (Wildman–Crippen MR) is 28.5 cm³/mol. The van der Waals surface area contributed by atoms with Crippen LogP contribution in [0.2, 0.25) is 0 Å². The molecule has 0 heterocycles. The van der Waals surface area contributed by atoms with E-state index in [0.717, 1.165) is 0 Å². The Balaban J connectivity index is 0. The Morgan fingerprint density at radius 3 is 1.18 bits per heavy atom. The monoisotopic (exact) mass is 192 g/mol. The van der Waals surface area contributed by atoms with Gasteiger partial charge in [0.25, 0.3) is 0 Å². The van der Waals surface area contributed by atoms with Crippen LogP contribution in [0.1, 0.15) is 0 Å². The van der Waals surface area contributed by atoms with Gasteiger partial charge in [0.15, 0.2) is 0 Å². The van der Waals surface area contributed by atoms with E-state index in [1.54, 1.807) is 0 Å². The average Bonchev–Trinajstić information content (AvgIpc) is 1.62. The zero-order valence-corrected chi connectivity index (χ0v) is 5.05. The predicted octanol–water partition coefficient (Wildman–Crippen LogP) is 0.104. The van der Waals surface area contributed by atoms with Crippen LogP contribution >= 0.6 is 0 Å². The molecule has 0 fully saturated rings. The van der Waals surface area contributed by atoms with Crippen molar-refractivity contribution in [3.05, 3.63) is 0 Å². The summed E-state index contributed by atoms with van der Waals surface area (Å²) in [7, 11) is -4.79. The Morgan fingerprint density at radius 1 is 0.909 bits per heavy atom. The molecule has 64 valence electrons. The Morgan fingerprint density at radius 2 is 1.18 bits per heavy atom. The van der Waals surface area contributed by atoms with Crippen molar-refractivity contribution >= 4 is 29.6 Å². The fourth-order valence-electron chi connectivity index (χ4n) is 0.104. The van der Waals surface area contributed by atoms with Gasteiger partial charge in [0.1, 0.15) is 0 Å². The van der Waals surface area contributed by atoms with Gasteiger partial charge in [-0.2, -0.15) is 22.0 Å². The van der Waals surface area contributed by atoms with Gasteiger partial charge in [0.05, 0.1) is 0 Å². The fraction of sp³-hybridized carbons (Fsp3) is 1.00. The van der Waals surface area contributed by atoms with Crippen molar-refractivity contribution in [2.24, 2.45) is 0 Å². The molecule has 0 aromatic carbocycles. The first kappa shape index (κ1) is 13.8. The van der Waals surface area contributed by atoms with Crippen molar-refractivity contribution < 1.29 is 30.4 Å². The van der Waals surface area contributed by atoms with Crippen LogP contribution < -0.4 is 0 Å². The van der Waals surface area contributed by atoms with E-state index in [-0.39, 0.29) is 18.9 Å². The zero-order valence-electron chi connectivity index (χ0n) is 4.15. The van der Waals surface area contributed by atoms with Crippen LogP contribution in [0, 0.1) is 0 Å². The van der Waals surface area contributed by atoms with Gasteiger partial charge in [-0.25, -0.2) is 8.42 Å². The summed E-state index contributed by atoms with van der Waals surface area (Å²) in [5.41, 5.74) is 0. The van der Waals surface area contributed by atoms with Crippen molar-refractivity contribution in [3.8, 4) is 0 Å². The fourth-order valence-corrected chi connectivity index (χ4v) is 0.311. The molecule has 0 amide bonds. The minimum absolute atomic E-state index is 0. The molecular formula is C2H2F5LiO2S. The summed E-state index contributed by atoms with van der Waals surface area (Å²) in [5.74, 6) is 0. The molecule has 0 aliphatic rings. The third-order valence-corrected chi connectivity index (χ3v) is 1.28. The molecule has 0 spiro atoms. The molecule has 0 N–H and O–H groups in total. The second-order valence-corrected chi connectivity index (χ2v) is 2.37. The summed E-state index contributed by atoms with van der Waals surface area (Å²) >= 11 is 0. The van der Waals surface area contributed by atoms with Gasteiger partial charge in [0, 0.05) is 0 Å². The van der Waals surface area contributed by atoms with Crippen LogP contribution in [0.5, 0.6) is 0 Å². The van der Waals surface area contributed by atoms with Crippen LogP contribution in [0.4, 0.5) is 22.0 Å². The third-order valence-electron chi connectivity index (χ3n) is 0.570. The van der Waals surface area contributed by atoms with Gasteiger partial charge in [-0.15, -0.1) is 0 Å². The van der Waals surface area contributed by atoms with E-state index in [9.17, 15) is 30.4 Å². The summed E-state index contributed by atoms with van der Waals surface area (Å²) in [4.78, 5) is 0. The Labute approximate surface area is 71.9 Å². The molecule has 0 radical (unpaired) electrons. The molecule has 0 saturated carbocycles. The molecular weight excluding hydrogens is 190 g/mol. The summed E-state index contributed by atoms with van der Waals surface area (Å²) in [5, 5.41) is -5.61. The molecule has 0 saturated heterocycles. The van der Waals surface area contributed by atoms with Crippen LogP contribution in [-0.4, -0.2) is 38.7 Å². The number of thiol groups is 1. The number of hydrogen-bond acceptors (Lipinski definition) is 2. The van der Waals surface area contributed by atoms with Gasteiger partial charge < -0.3 is 0 Å². The molecule has 0 aliphatic heterocycles. The van der Waals surface area contributed by atoms with Crippen molar-refractivity contribution in [1.82, 2.24) is 0 Å². The second kappa shape index (κ2) is 3.73. The Hall–Kier alpha value is 0.197. The van der Waals surface area contributed by atoms with Crippen molar-refractivity contribution in [2.75, 3.05) is 0 Å². The van der Waals surface area contributed by atoms with E-state index in [0.29, 0.717) is 0 Å². The summed E-state index contributed by atoms with van der Waals surface area (Å²) in [6.07, 6.45) is -6.01. The van der Waals surface area contributed by atoms with Crippen molar-refractivity contribution in [1.29, 1.82) is 0 Å². The maximum atomic E-state index is 11.3. The Kier molecular flexibility index (Phi) is 4.67. The van der Waals surface area contributed by atoms with E-state index in [1.165, 1.54) is 0 Å². The van der Waals surface area contributed by atoms with Crippen LogP contribution in [0.3, 0.4) is 0 Å². The van der Waals surface area contributed by atoms with Gasteiger partial charge in [0.2, 0.25) is 10.7 Å². The molecule has 2 nitrogen and oxygen atoms in total. The number of rotatable bonds is 1. The first-order valence-corrected chi connectivity index (χ1v) is 2.96. The first-order valence-electron chi connectivity index (χ1n) is 1.78. The molecule has 0 bridgehead atoms. The molecule has 0 atom stereocenters. The van der Waals surface area contributed by atoms with Gasteiger partial charge in [-0.3, -0.25) is 0 Å². The maximum absolute atomic E-state index is 11.3. The average molecular weight is 192 g/mol. The number of halogens is 5. The van der Waals surface area contributed by atoms with Crippen LogP contribution in [0.15, 0.2) is 0 Å². The SMILES string of the molecule is O=[SH](=O)C(F)(F)C(F)(F)F.[LiH]. The second-order valence-electron chi connectivity index (χ2n) is 1.30. The van der Waals surface area contributed by atoms with E-state index < -0.39 is 22.1 Å². The van der Waals surface area contributed by atoms with Crippen molar-refractivity contribution in [3.63, 3.8) is 0 Å². The standard InChI is InChI=1S/C2HF5O2S.Li.H/c3-1(4,5)2(6,7)10(8)9;;/h10H;;. The van der Waals surface area contributed by atoms with E-state index in [2.05, 4.69) is 0 Å². The van der Waals surface area contributed by atoms with E-state index in [4.69, 9.17) is 0 Å². The molecule has 0 aromatic rings. The summed E-state index contributed by atoms with van der Waals surface area (Å²) in [6, 6.07) is 0. The van der Waals surface area contributed by atoms with E-state index >= 15 is 0 Å². The number of alkyl halides is 5. The topological polar surface area (TPSA) is 34.1 Å². The molecule has 0 aliphatic carbocycles. The van der Waals surface area contributed by atoms with E-state index in [1.807, 2.05) is 0 Å². The Bertz CT molecular complexity index is 187. The molecule has 0 rings (SSSR count).